The van der Waals surface area contributed by atoms with Crippen molar-refractivity contribution in [2.24, 2.45) is 0 Å². The number of hydrogen-bond acceptors (Lipinski definition) is 2. The number of aliphatic hydroxyl groups excluding tert-OH is 1. The molecule has 0 bridgehead atoms. The van der Waals surface area contributed by atoms with Gasteiger partial charge in [-0.15, -0.1) is 0 Å². The summed E-state index contributed by atoms with van der Waals surface area (Å²) in [6, 6.07) is 0. The average molecular weight is 125 g/mol. The number of nitrogens with zero attached hydrogens (tertiary/aromatic N) is 1. The number of hydrogen-bond donors (Lipinski definition) is 1. The average Bonchev–Trinajstić information content (AvgIpc) is 1.88. The van der Waals surface area contributed by atoms with Gasteiger partial charge in [0.1, 0.15) is 5.76 Å². The van der Waals surface area contributed by atoms with E-state index < -0.39 is 0 Å². The molecule has 0 aliphatic carbocycles. The molecule has 50 valence electrons. The lowest BCUT2D eigenvalue weighted by Gasteiger charge is -2.19. The highest BCUT2D eigenvalue weighted by Crippen LogP contribution is 2.02. The predicted octanol–water partition coefficient (Wildman–Crippen LogP) is 1.28. The molecule has 1 N–H and O–H groups in total. The van der Waals surface area contributed by atoms with Crippen LogP contribution in [0.3, 0.4) is 0 Å². The van der Waals surface area contributed by atoms with E-state index in [1.165, 1.54) is 0 Å². The number of allylic oxidation sites excluding steroid dienone is 2. The summed E-state index contributed by atoms with van der Waals surface area (Å²) < 4.78 is 0. The second-order valence-corrected chi connectivity index (χ2v) is 2.06. The lowest BCUT2D eigenvalue weighted by atomic mass is 10.3. The van der Waals surface area contributed by atoms with E-state index in [4.69, 9.17) is 5.11 Å². The van der Waals surface area contributed by atoms with Crippen molar-refractivity contribution in [1.29, 1.82) is 0 Å². The van der Waals surface area contributed by atoms with Crippen molar-refractivity contribution in [1.82, 2.24) is 4.90 Å². The summed E-state index contributed by atoms with van der Waals surface area (Å²) in [4.78, 5) is 2.04. The quantitative estimate of drug-likeness (QED) is 0.570. The van der Waals surface area contributed by atoms with Gasteiger partial charge in [0.2, 0.25) is 0 Å². The van der Waals surface area contributed by atoms with Gasteiger partial charge in [-0.3, -0.25) is 0 Å². The first-order chi connectivity index (χ1) is 4.33. The second kappa shape index (κ2) is 2.58. The zero-order chi connectivity index (χ0) is 6.69. The summed E-state index contributed by atoms with van der Waals surface area (Å²) in [6.45, 7) is 3.67. The molecule has 0 saturated carbocycles. The van der Waals surface area contributed by atoms with Crippen LogP contribution in [0.15, 0.2) is 24.1 Å². The van der Waals surface area contributed by atoms with Crippen LogP contribution in [-0.2, 0) is 0 Å². The highest BCUT2D eigenvalue weighted by atomic mass is 16.3. The fourth-order valence-corrected chi connectivity index (χ4v) is 0.807. The molecule has 1 aliphatic heterocycles. The van der Waals surface area contributed by atoms with Gasteiger partial charge in [-0.25, -0.2) is 0 Å². The smallest absolute Gasteiger partial charge is 0.112 e. The van der Waals surface area contributed by atoms with Crippen LogP contribution in [0.25, 0.3) is 0 Å². The molecule has 1 aliphatic rings. The fourth-order valence-electron chi connectivity index (χ4n) is 0.807. The Morgan fingerprint density at radius 1 is 1.78 bits per heavy atom. The molecule has 0 fully saturated rings. The normalized spacial score (nSPS) is 17.9. The first-order valence-electron chi connectivity index (χ1n) is 3.13. The largest absolute Gasteiger partial charge is 0.510 e. The van der Waals surface area contributed by atoms with Crippen molar-refractivity contribution in [3.63, 3.8) is 0 Å². The van der Waals surface area contributed by atoms with Gasteiger partial charge in [0.25, 0.3) is 0 Å². The van der Waals surface area contributed by atoms with Crippen LogP contribution < -0.4 is 0 Å². The fraction of sp³-hybridized carbons (Fsp3) is 0.429. The molecule has 0 aromatic heterocycles. The predicted molar refractivity (Wildman–Crippen MR) is 37.1 cm³/mol. The Balaban J connectivity index is 2.51. The van der Waals surface area contributed by atoms with E-state index in [0.29, 0.717) is 12.3 Å². The van der Waals surface area contributed by atoms with Crippen molar-refractivity contribution < 1.29 is 5.11 Å². The molecule has 0 amide bonds. The van der Waals surface area contributed by atoms with Crippen molar-refractivity contribution >= 4 is 0 Å². The van der Waals surface area contributed by atoms with Crippen LogP contribution in [0.5, 0.6) is 0 Å². The maximum absolute atomic E-state index is 8.98. The van der Waals surface area contributed by atoms with E-state index in [2.05, 4.69) is 6.92 Å². The molecule has 0 aromatic rings. The summed E-state index contributed by atoms with van der Waals surface area (Å²) in [5.41, 5.74) is 0. The van der Waals surface area contributed by atoms with Crippen molar-refractivity contribution in [3.05, 3.63) is 24.1 Å². The molecular weight excluding hydrogens is 114 g/mol. The first-order valence-corrected chi connectivity index (χ1v) is 3.13. The zero-order valence-electron chi connectivity index (χ0n) is 5.54. The topological polar surface area (TPSA) is 23.5 Å². The van der Waals surface area contributed by atoms with E-state index >= 15 is 0 Å². The van der Waals surface area contributed by atoms with Crippen molar-refractivity contribution in [3.8, 4) is 0 Å². The van der Waals surface area contributed by atoms with Gasteiger partial charge >= 0.3 is 0 Å². The molecule has 9 heavy (non-hydrogen) atoms. The second-order valence-electron chi connectivity index (χ2n) is 2.06. The van der Waals surface area contributed by atoms with E-state index in [1.807, 2.05) is 17.2 Å². The van der Waals surface area contributed by atoms with Gasteiger partial charge in [-0.1, -0.05) is 0 Å². The van der Waals surface area contributed by atoms with Crippen LogP contribution >= 0.6 is 0 Å². The summed E-state index contributed by atoms with van der Waals surface area (Å²) >= 11 is 0. The highest BCUT2D eigenvalue weighted by molar-refractivity contribution is 5.12. The van der Waals surface area contributed by atoms with Gasteiger partial charge in [0.15, 0.2) is 0 Å². The van der Waals surface area contributed by atoms with Crippen LogP contribution in [0, 0.1) is 0 Å². The Morgan fingerprint density at radius 2 is 2.56 bits per heavy atom. The monoisotopic (exact) mass is 125 g/mol. The molecular formula is C7H11NO. The lowest BCUT2D eigenvalue weighted by Crippen LogP contribution is -2.21. The number of aliphatic hydroxyl groups is 1. The maximum atomic E-state index is 8.98. The Morgan fingerprint density at radius 3 is 3.00 bits per heavy atom. The Labute approximate surface area is 55.1 Å². The molecule has 0 aromatic carbocycles. The van der Waals surface area contributed by atoms with Crippen LogP contribution in [-0.4, -0.2) is 23.1 Å². The van der Waals surface area contributed by atoms with Crippen molar-refractivity contribution in [2.45, 2.75) is 6.92 Å². The minimum Gasteiger partial charge on any atom is -0.510 e. The van der Waals surface area contributed by atoms with Crippen LogP contribution in [0.1, 0.15) is 6.92 Å². The van der Waals surface area contributed by atoms with E-state index in [0.717, 1.165) is 6.54 Å². The summed E-state index contributed by atoms with van der Waals surface area (Å²) in [5.74, 6) is 0.444. The third-order valence-electron chi connectivity index (χ3n) is 1.36. The van der Waals surface area contributed by atoms with Crippen LogP contribution in [0.4, 0.5) is 0 Å². The third kappa shape index (κ3) is 1.49. The summed E-state index contributed by atoms with van der Waals surface area (Å²) in [6.07, 6.45) is 5.54. The van der Waals surface area contributed by atoms with Gasteiger partial charge in [0.05, 0.1) is 6.54 Å². The molecule has 1 rings (SSSR count). The molecule has 0 saturated heterocycles. The number of likely N-dealkylation sites (N-methyl/N-ethyl adjacent to an activating group) is 1. The molecule has 1 heterocycles. The number of rotatable bonds is 1. The molecule has 0 radical (unpaired) electrons. The first kappa shape index (κ1) is 6.20. The van der Waals surface area contributed by atoms with Gasteiger partial charge in [-0.2, -0.15) is 0 Å². The maximum Gasteiger partial charge on any atom is 0.112 e. The van der Waals surface area contributed by atoms with Crippen LogP contribution in [0.2, 0.25) is 0 Å². The minimum absolute atomic E-state index is 0.444. The van der Waals surface area contributed by atoms with Gasteiger partial charge in [-0.05, 0) is 25.3 Å². The highest BCUT2D eigenvalue weighted by Gasteiger charge is 2.01. The van der Waals surface area contributed by atoms with E-state index in [-0.39, 0.29) is 0 Å². The Bertz CT molecular complexity index is 149. The third-order valence-corrected chi connectivity index (χ3v) is 1.36. The lowest BCUT2D eigenvalue weighted by molar-refractivity contribution is 0.315. The molecule has 0 unspecified atom stereocenters. The molecule has 2 nitrogen and oxygen atoms in total. The van der Waals surface area contributed by atoms with Crippen molar-refractivity contribution in [2.75, 3.05) is 13.1 Å². The van der Waals surface area contributed by atoms with Gasteiger partial charge < -0.3 is 10.0 Å². The SMILES string of the molecule is CCN1C=CC=C(O)C1. The summed E-state index contributed by atoms with van der Waals surface area (Å²) in [7, 11) is 0. The minimum atomic E-state index is 0.444. The Kier molecular flexibility index (Phi) is 1.78. The molecule has 2 heteroatoms. The van der Waals surface area contributed by atoms with E-state index in [9.17, 15) is 0 Å². The summed E-state index contributed by atoms with van der Waals surface area (Å²) in [5, 5.41) is 8.98. The van der Waals surface area contributed by atoms with Gasteiger partial charge in [0, 0.05) is 6.54 Å². The van der Waals surface area contributed by atoms with E-state index in [1.54, 1.807) is 6.08 Å². The zero-order valence-corrected chi connectivity index (χ0v) is 5.54. The molecule has 0 atom stereocenters. The standard InChI is InChI=1S/C7H11NO/c1-2-8-5-3-4-7(9)6-8/h3-5,9H,2,6H2,1H3. The Hall–Kier alpha value is -0.920. The molecule has 0 spiro atoms.